The third kappa shape index (κ3) is 3.76. The molecular formula is C23H22N2O4S. The van der Waals surface area contributed by atoms with Crippen molar-refractivity contribution in [2.24, 2.45) is 0 Å². The van der Waals surface area contributed by atoms with Crippen LogP contribution in [0.1, 0.15) is 28.8 Å². The Kier molecular flexibility index (Phi) is 5.10. The molecule has 7 heteroatoms. The molecule has 0 bridgehead atoms. The van der Waals surface area contributed by atoms with Crippen LogP contribution in [0.5, 0.6) is 0 Å². The Bertz CT molecular complexity index is 1010. The number of fused-ring (bicyclic) bond motifs is 1. The number of benzene rings is 2. The number of hydrogen-bond donors (Lipinski definition) is 1. The molecule has 2 fully saturated rings. The van der Waals surface area contributed by atoms with Crippen molar-refractivity contribution in [1.29, 1.82) is 0 Å². The van der Waals surface area contributed by atoms with Crippen LogP contribution >= 0.6 is 11.8 Å². The van der Waals surface area contributed by atoms with Gasteiger partial charge in [-0.25, -0.2) is 0 Å². The van der Waals surface area contributed by atoms with E-state index in [2.05, 4.69) is 5.32 Å². The van der Waals surface area contributed by atoms with Crippen LogP contribution in [0.25, 0.3) is 6.08 Å². The van der Waals surface area contributed by atoms with Gasteiger partial charge in [0, 0.05) is 36.4 Å². The minimum atomic E-state index is -0.501. The van der Waals surface area contributed by atoms with Crippen molar-refractivity contribution in [3.63, 3.8) is 0 Å². The van der Waals surface area contributed by atoms with Gasteiger partial charge >= 0.3 is 0 Å². The second-order valence-electron chi connectivity index (χ2n) is 7.59. The Balaban J connectivity index is 1.30. The molecule has 0 atom stereocenters. The van der Waals surface area contributed by atoms with Gasteiger partial charge in [0.1, 0.15) is 0 Å². The topological polar surface area (TPSA) is 67.9 Å². The van der Waals surface area contributed by atoms with Gasteiger partial charge in [0.2, 0.25) is 0 Å². The smallest absolute Gasteiger partial charge is 0.262 e. The summed E-state index contributed by atoms with van der Waals surface area (Å²) in [6, 6.07) is 15.3. The normalized spacial score (nSPS) is 21.5. The molecule has 0 unspecified atom stereocenters. The summed E-state index contributed by atoms with van der Waals surface area (Å²) in [5, 5.41) is 2.93. The molecule has 2 saturated heterocycles. The molecule has 30 heavy (non-hydrogen) atoms. The molecule has 3 aliphatic rings. The molecule has 0 aliphatic carbocycles. The van der Waals surface area contributed by atoms with Gasteiger partial charge in [-0.2, -0.15) is 0 Å². The number of piperidine rings is 1. The zero-order valence-corrected chi connectivity index (χ0v) is 17.2. The lowest BCUT2D eigenvalue weighted by Gasteiger charge is -2.37. The maximum Gasteiger partial charge on any atom is 0.262 e. The van der Waals surface area contributed by atoms with E-state index in [-0.39, 0.29) is 11.8 Å². The zero-order valence-electron chi connectivity index (χ0n) is 16.4. The average Bonchev–Trinajstić information content (AvgIpc) is 3.22. The third-order valence-corrected chi connectivity index (χ3v) is 6.74. The Morgan fingerprint density at radius 1 is 1.07 bits per heavy atom. The summed E-state index contributed by atoms with van der Waals surface area (Å²) in [5.41, 5.74) is 2.23. The Morgan fingerprint density at radius 3 is 2.53 bits per heavy atom. The number of thioether (sulfide) groups is 1. The van der Waals surface area contributed by atoms with E-state index in [9.17, 15) is 9.59 Å². The van der Waals surface area contributed by atoms with E-state index in [0.29, 0.717) is 55.3 Å². The van der Waals surface area contributed by atoms with Gasteiger partial charge in [-0.1, -0.05) is 42.1 Å². The highest BCUT2D eigenvalue weighted by molar-refractivity contribution is 8.04. The highest BCUT2D eigenvalue weighted by Gasteiger charge is 2.41. The number of nitrogens with one attached hydrogen (secondary N) is 1. The van der Waals surface area contributed by atoms with Crippen LogP contribution in [0, 0.1) is 0 Å². The predicted molar refractivity (Wildman–Crippen MR) is 115 cm³/mol. The number of anilines is 1. The SMILES string of the molecule is O=C1Nc2cc(C(=O)N3CCC4(CC3)OCCO4)ccc2SC1=Cc1ccccc1. The Hall–Kier alpha value is -2.61. The molecule has 0 radical (unpaired) electrons. The van der Waals surface area contributed by atoms with Gasteiger partial charge < -0.3 is 19.7 Å². The van der Waals surface area contributed by atoms with Crippen LogP contribution in [-0.2, 0) is 14.3 Å². The van der Waals surface area contributed by atoms with Gasteiger partial charge in [0.25, 0.3) is 11.8 Å². The molecule has 2 aromatic carbocycles. The maximum atomic E-state index is 13.0. The number of ether oxygens (including phenoxy) is 2. The summed E-state index contributed by atoms with van der Waals surface area (Å²) in [4.78, 5) is 28.9. The summed E-state index contributed by atoms with van der Waals surface area (Å²) < 4.78 is 11.5. The summed E-state index contributed by atoms with van der Waals surface area (Å²) in [6.07, 6.45) is 3.24. The first kappa shape index (κ1) is 19.4. The third-order valence-electron chi connectivity index (χ3n) is 5.64. The number of carbonyl (C=O) groups excluding carboxylic acids is 2. The molecule has 154 valence electrons. The van der Waals surface area contributed by atoms with Gasteiger partial charge in [0.05, 0.1) is 23.8 Å². The Labute approximate surface area is 179 Å². The fraction of sp³-hybridized carbons (Fsp3) is 0.304. The number of carbonyl (C=O) groups is 2. The first-order valence-electron chi connectivity index (χ1n) is 10.1. The number of likely N-dealkylation sites (tertiary alicyclic amines) is 1. The number of nitrogens with zero attached hydrogens (tertiary/aromatic N) is 1. The molecule has 2 amide bonds. The first-order chi connectivity index (χ1) is 14.6. The monoisotopic (exact) mass is 422 g/mol. The van der Waals surface area contributed by atoms with E-state index in [1.807, 2.05) is 53.4 Å². The fourth-order valence-electron chi connectivity index (χ4n) is 4.01. The van der Waals surface area contributed by atoms with Crippen molar-refractivity contribution >= 4 is 35.3 Å². The van der Waals surface area contributed by atoms with Crippen LogP contribution in [0.4, 0.5) is 5.69 Å². The molecule has 0 saturated carbocycles. The maximum absolute atomic E-state index is 13.0. The summed E-state index contributed by atoms with van der Waals surface area (Å²) in [6.45, 7) is 2.44. The highest BCUT2D eigenvalue weighted by Crippen LogP contribution is 2.39. The predicted octanol–water partition coefficient (Wildman–Crippen LogP) is 3.75. The minimum absolute atomic E-state index is 0.0319. The van der Waals surface area contributed by atoms with Crippen LogP contribution < -0.4 is 5.32 Å². The largest absolute Gasteiger partial charge is 0.347 e. The first-order valence-corrected chi connectivity index (χ1v) is 10.9. The number of rotatable bonds is 2. The van der Waals surface area contributed by atoms with Crippen LogP contribution in [0.3, 0.4) is 0 Å². The molecule has 6 nitrogen and oxygen atoms in total. The van der Waals surface area contributed by atoms with Crippen molar-refractivity contribution in [3.05, 3.63) is 64.6 Å². The molecule has 3 heterocycles. The number of amides is 2. The minimum Gasteiger partial charge on any atom is -0.347 e. The molecule has 1 spiro atoms. The van der Waals surface area contributed by atoms with Crippen LogP contribution in [0.15, 0.2) is 58.3 Å². The van der Waals surface area contributed by atoms with Crippen molar-refractivity contribution in [1.82, 2.24) is 4.90 Å². The van der Waals surface area contributed by atoms with E-state index in [0.717, 1.165) is 10.5 Å². The summed E-state index contributed by atoms with van der Waals surface area (Å²) in [7, 11) is 0. The second kappa shape index (κ2) is 7.91. The van der Waals surface area contributed by atoms with Crippen molar-refractivity contribution in [2.75, 3.05) is 31.6 Å². The molecule has 5 rings (SSSR count). The molecular weight excluding hydrogens is 400 g/mol. The van der Waals surface area contributed by atoms with Gasteiger partial charge in [-0.15, -0.1) is 0 Å². The van der Waals surface area contributed by atoms with E-state index in [4.69, 9.17) is 9.47 Å². The molecule has 1 N–H and O–H groups in total. The lowest BCUT2D eigenvalue weighted by atomic mass is 10.0. The molecule has 2 aromatic rings. The molecule has 0 aromatic heterocycles. The zero-order chi connectivity index (χ0) is 20.6. The fourth-order valence-corrected chi connectivity index (χ4v) is 4.94. The summed E-state index contributed by atoms with van der Waals surface area (Å²) in [5.74, 6) is -0.689. The standard InChI is InChI=1S/C23H22N2O4S/c26-21-20(14-16-4-2-1-3-5-16)30-19-7-6-17(15-18(19)24-21)22(27)25-10-8-23(9-11-25)28-12-13-29-23/h1-7,14-15H,8-13H2,(H,24,26). The van der Waals surface area contributed by atoms with Crippen LogP contribution in [-0.4, -0.2) is 48.8 Å². The Morgan fingerprint density at radius 2 is 1.80 bits per heavy atom. The summed E-state index contributed by atoms with van der Waals surface area (Å²) >= 11 is 1.42. The lowest BCUT2D eigenvalue weighted by molar-refractivity contribution is -0.181. The van der Waals surface area contributed by atoms with Crippen LogP contribution in [0.2, 0.25) is 0 Å². The van der Waals surface area contributed by atoms with Crippen molar-refractivity contribution < 1.29 is 19.1 Å². The quantitative estimate of drug-likeness (QED) is 0.747. The highest BCUT2D eigenvalue weighted by atomic mass is 32.2. The van der Waals surface area contributed by atoms with Gasteiger partial charge in [0.15, 0.2) is 5.79 Å². The van der Waals surface area contributed by atoms with Gasteiger partial charge in [-0.3, -0.25) is 9.59 Å². The molecule has 3 aliphatic heterocycles. The van der Waals surface area contributed by atoms with E-state index >= 15 is 0 Å². The average molecular weight is 423 g/mol. The van der Waals surface area contributed by atoms with Gasteiger partial charge in [-0.05, 0) is 29.8 Å². The van der Waals surface area contributed by atoms with Crippen molar-refractivity contribution in [3.8, 4) is 0 Å². The van der Waals surface area contributed by atoms with E-state index in [1.165, 1.54) is 11.8 Å². The van der Waals surface area contributed by atoms with E-state index in [1.54, 1.807) is 6.07 Å². The van der Waals surface area contributed by atoms with E-state index < -0.39 is 5.79 Å². The lowest BCUT2D eigenvalue weighted by Crippen LogP contribution is -2.47. The number of hydrogen-bond acceptors (Lipinski definition) is 5. The van der Waals surface area contributed by atoms with Crippen molar-refractivity contribution in [2.45, 2.75) is 23.5 Å². The second-order valence-corrected chi connectivity index (χ2v) is 8.67.